The van der Waals surface area contributed by atoms with Crippen LogP contribution in [0.25, 0.3) is 0 Å². The average Bonchev–Trinajstić information content (AvgIpc) is 3.16. The Morgan fingerprint density at radius 2 is 1.56 bits per heavy atom. The summed E-state index contributed by atoms with van der Waals surface area (Å²) in [5.41, 5.74) is 3.20. The van der Waals surface area contributed by atoms with Crippen LogP contribution in [0.3, 0.4) is 0 Å². The van der Waals surface area contributed by atoms with E-state index in [2.05, 4.69) is 59.3 Å². The third kappa shape index (κ3) is 6.09. The van der Waals surface area contributed by atoms with Crippen LogP contribution in [0.2, 0.25) is 0 Å². The molecule has 0 radical (unpaired) electrons. The molecule has 0 unspecified atom stereocenters. The van der Waals surface area contributed by atoms with Gasteiger partial charge in [-0.05, 0) is 54.4 Å². The Balaban J connectivity index is 1.47. The fourth-order valence-corrected chi connectivity index (χ4v) is 4.29. The molecule has 1 aromatic heterocycles. The predicted molar refractivity (Wildman–Crippen MR) is 136 cm³/mol. The van der Waals surface area contributed by atoms with E-state index in [1.54, 1.807) is 22.7 Å². The second kappa shape index (κ2) is 10.9. The number of aromatic nitrogens is 3. The third-order valence-electron chi connectivity index (χ3n) is 4.59. The Morgan fingerprint density at radius 1 is 0.906 bits per heavy atom. The number of hydrogen-bond acceptors (Lipinski definition) is 5. The Labute approximate surface area is 208 Å². The third-order valence-corrected chi connectivity index (χ3v) is 6.64. The van der Waals surface area contributed by atoms with Crippen LogP contribution in [-0.2, 0) is 12.4 Å². The monoisotopic (exact) mass is 570 g/mol. The van der Waals surface area contributed by atoms with Gasteiger partial charge in [-0.25, -0.2) is 0 Å². The lowest BCUT2D eigenvalue weighted by Crippen LogP contribution is -2.00. The Hall–Kier alpha value is -2.42. The summed E-state index contributed by atoms with van der Waals surface area (Å²) in [4.78, 5) is 0. The van der Waals surface area contributed by atoms with Crippen molar-refractivity contribution in [1.29, 1.82) is 0 Å². The summed E-state index contributed by atoms with van der Waals surface area (Å²) < 4.78 is 9.92. The molecule has 0 atom stereocenters. The molecule has 0 amide bonds. The first-order valence-electron chi connectivity index (χ1n) is 9.88. The minimum atomic E-state index is 0.484. The quantitative estimate of drug-likeness (QED) is 0.171. The molecule has 3 aromatic carbocycles. The van der Waals surface area contributed by atoms with Crippen molar-refractivity contribution < 1.29 is 4.74 Å². The molecule has 0 aliphatic heterocycles. The van der Waals surface area contributed by atoms with E-state index in [0.29, 0.717) is 6.61 Å². The topological polar surface area (TPSA) is 52.3 Å². The van der Waals surface area contributed by atoms with Crippen LogP contribution < -0.4 is 4.74 Å². The van der Waals surface area contributed by atoms with Gasteiger partial charge in [0.25, 0.3) is 0 Å². The van der Waals surface area contributed by atoms with Crippen molar-refractivity contribution in [3.05, 3.63) is 104 Å². The van der Waals surface area contributed by atoms with Gasteiger partial charge in [-0.2, -0.15) is 9.78 Å². The SMILES string of the molecule is Cc1nnc(SCc2ccc(Br)cc2)n1/N=C/c1ccccc1OCc1ccc(Br)cc1. The van der Waals surface area contributed by atoms with Gasteiger partial charge in [0.15, 0.2) is 5.82 Å². The molecule has 0 N–H and O–H groups in total. The molecule has 4 rings (SSSR count). The fraction of sp³-hybridized carbons (Fsp3) is 0.125. The van der Waals surface area contributed by atoms with Gasteiger partial charge in [0.1, 0.15) is 12.4 Å². The summed E-state index contributed by atoms with van der Waals surface area (Å²) >= 11 is 8.52. The lowest BCUT2D eigenvalue weighted by molar-refractivity contribution is 0.306. The molecule has 32 heavy (non-hydrogen) atoms. The average molecular weight is 572 g/mol. The van der Waals surface area contributed by atoms with Crippen LogP contribution in [0.5, 0.6) is 5.75 Å². The number of thioether (sulfide) groups is 1. The standard InChI is InChI=1S/C24H20Br2N4OS/c1-17-28-29-24(32-16-19-8-12-22(26)13-9-19)30(17)27-14-20-4-2-3-5-23(20)31-15-18-6-10-21(25)11-7-18/h2-14H,15-16H2,1H3/b27-14+. The summed E-state index contributed by atoms with van der Waals surface area (Å²) in [5.74, 6) is 2.29. The molecular weight excluding hydrogens is 552 g/mol. The number of halogens is 2. The molecule has 8 heteroatoms. The smallest absolute Gasteiger partial charge is 0.212 e. The van der Waals surface area contributed by atoms with E-state index in [1.165, 1.54) is 5.56 Å². The van der Waals surface area contributed by atoms with E-state index in [9.17, 15) is 0 Å². The molecule has 0 aliphatic rings. The van der Waals surface area contributed by atoms with Gasteiger partial charge in [0.05, 0.1) is 6.21 Å². The number of aryl methyl sites for hydroxylation is 1. The largest absolute Gasteiger partial charge is 0.488 e. The zero-order valence-electron chi connectivity index (χ0n) is 17.3. The lowest BCUT2D eigenvalue weighted by Gasteiger charge is -2.09. The second-order valence-electron chi connectivity index (χ2n) is 6.95. The Kier molecular flexibility index (Phi) is 7.78. The predicted octanol–water partition coefficient (Wildman–Crippen LogP) is 6.87. The van der Waals surface area contributed by atoms with Gasteiger partial charge < -0.3 is 4.74 Å². The van der Waals surface area contributed by atoms with E-state index >= 15 is 0 Å². The molecule has 162 valence electrons. The highest BCUT2D eigenvalue weighted by atomic mass is 79.9. The number of para-hydroxylation sites is 1. The Morgan fingerprint density at radius 3 is 2.28 bits per heavy atom. The first-order valence-corrected chi connectivity index (χ1v) is 12.5. The van der Waals surface area contributed by atoms with Crippen molar-refractivity contribution in [2.45, 2.75) is 24.4 Å². The van der Waals surface area contributed by atoms with Crippen molar-refractivity contribution >= 4 is 49.8 Å². The van der Waals surface area contributed by atoms with Gasteiger partial charge in [0.2, 0.25) is 5.16 Å². The Bertz CT molecular complexity index is 1210. The zero-order valence-corrected chi connectivity index (χ0v) is 21.3. The number of hydrogen-bond donors (Lipinski definition) is 0. The highest BCUT2D eigenvalue weighted by Crippen LogP contribution is 2.24. The van der Waals surface area contributed by atoms with Gasteiger partial charge >= 0.3 is 0 Å². The fourth-order valence-electron chi connectivity index (χ4n) is 2.87. The minimum Gasteiger partial charge on any atom is -0.488 e. The maximum Gasteiger partial charge on any atom is 0.212 e. The van der Waals surface area contributed by atoms with Crippen LogP contribution in [0.4, 0.5) is 0 Å². The molecule has 5 nitrogen and oxygen atoms in total. The number of nitrogens with zero attached hydrogens (tertiary/aromatic N) is 4. The highest BCUT2D eigenvalue weighted by molar-refractivity contribution is 9.10. The molecule has 0 spiro atoms. The van der Waals surface area contributed by atoms with Crippen LogP contribution >= 0.6 is 43.6 Å². The zero-order chi connectivity index (χ0) is 22.3. The molecule has 4 aromatic rings. The number of rotatable bonds is 8. The molecule has 0 saturated carbocycles. The molecule has 1 heterocycles. The number of ether oxygens (including phenoxy) is 1. The summed E-state index contributed by atoms with van der Waals surface area (Å²) in [6.07, 6.45) is 1.79. The van der Waals surface area contributed by atoms with E-state index in [4.69, 9.17) is 4.74 Å². The summed E-state index contributed by atoms with van der Waals surface area (Å²) in [7, 11) is 0. The molecule has 0 fully saturated rings. The van der Waals surface area contributed by atoms with Crippen molar-refractivity contribution in [3.63, 3.8) is 0 Å². The maximum atomic E-state index is 6.05. The highest BCUT2D eigenvalue weighted by Gasteiger charge is 2.09. The summed E-state index contributed by atoms with van der Waals surface area (Å²) in [6, 6.07) is 24.2. The van der Waals surface area contributed by atoms with Gasteiger partial charge in [-0.3, -0.25) is 0 Å². The normalized spacial score (nSPS) is 11.2. The first-order chi connectivity index (χ1) is 15.6. The first kappa shape index (κ1) is 22.8. The van der Waals surface area contributed by atoms with E-state index in [-0.39, 0.29) is 0 Å². The van der Waals surface area contributed by atoms with Crippen molar-refractivity contribution in [2.24, 2.45) is 5.10 Å². The van der Waals surface area contributed by atoms with E-state index in [1.807, 2.05) is 67.6 Å². The van der Waals surface area contributed by atoms with Crippen LogP contribution in [0, 0.1) is 6.92 Å². The van der Waals surface area contributed by atoms with Crippen LogP contribution in [0.15, 0.2) is 92.0 Å². The summed E-state index contributed by atoms with van der Waals surface area (Å²) in [6.45, 7) is 2.38. The van der Waals surface area contributed by atoms with Gasteiger partial charge in [0, 0.05) is 20.3 Å². The minimum absolute atomic E-state index is 0.484. The lowest BCUT2D eigenvalue weighted by atomic mass is 10.2. The van der Waals surface area contributed by atoms with Crippen molar-refractivity contribution in [2.75, 3.05) is 0 Å². The van der Waals surface area contributed by atoms with Crippen LogP contribution in [0.1, 0.15) is 22.5 Å². The van der Waals surface area contributed by atoms with Gasteiger partial charge in [-0.15, -0.1) is 10.2 Å². The molecule has 0 bridgehead atoms. The summed E-state index contributed by atoms with van der Waals surface area (Å²) in [5, 5.41) is 13.9. The van der Waals surface area contributed by atoms with E-state index in [0.717, 1.165) is 42.6 Å². The molecule has 0 saturated heterocycles. The molecular formula is C24H20Br2N4OS. The maximum absolute atomic E-state index is 6.05. The van der Waals surface area contributed by atoms with Gasteiger partial charge in [-0.1, -0.05) is 80.0 Å². The van der Waals surface area contributed by atoms with Crippen molar-refractivity contribution in [3.8, 4) is 5.75 Å². The van der Waals surface area contributed by atoms with Crippen molar-refractivity contribution in [1.82, 2.24) is 14.9 Å². The number of benzene rings is 3. The van der Waals surface area contributed by atoms with Crippen LogP contribution in [-0.4, -0.2) is 21.1 Å². The molecule has 0 aliphatic carbocycles. The second-order valence-corrected chi connectivity index (χ2v) is 9.73. The van der Waals surface area contributed by atoms with E-state index < -0.39 is 0 Å².